The Balaban J connectivity index is 2.30. The quantitative estimate of drug-likeness (QED) is 0.736. The van der Waals surface area contributed by atoms with E-state index in [0.717, 1.165) is 39.0 Å². The maximum Gasteiger partial charge on any atom is 0.127 e. The largest absolute Gasteiger partial charge is 0.507 e. The molecule has 0 amide bonds. The van der Waals surface area contributed by atoms with Crippen molar-refractivity contribution in [3.63, 3.8) is 0 Å². The molecular formula is C16H17N3O. The number of fused-ring (bicyclic) bond motifs is 1. The predicted octanol–water partition coefficient (Wildman–Crippen LogP) is 3.27. The highest BCUT2D eigenvalue weighted by molar-refractivity contribution is 5.83. The normalized spacial score (nSPS) is 11.2. The fraction of sp³-hybridized carbons (Fsp3) is 0.250. The van der Waals surface area contributed by atoms with E-state index in [-0.39, 0.29) is 0 Å². The number of rotatable bonds is 1. The number of aromatic nitrogens is 3. The molecule has 0 saturated carbocycles. The molecule has 4 heteroatoms. The van der Waals surface area contributed by atoms with Crippen LogP contribution in [0.5, 0.6) is 5.75 Å². The molecule has 0 aliphatic rings. The first-order valence-electron chi connectivity index (χ1n) is 6.57. The molecule has 2 aromatic heterocycles. The fourth-order valence-corrected chi connectivity index (χ4v) is 2.69. The summed E-state index contributed by atoms with van der Waals surface area (Å²) in [6.07, 6.45) is 1.76. The molecule has 20 heavy (non-hydrogen) atoms. The van der Waals surface area contributed by atoms with Crippen molar-refractivity contribution in [3.05, 3.63) is 41.1 Å². The third-order valence-corrected chi connectivity index (χ3v) is 3.61. The Morgan fingerprint density at radius 1 is 1.05 bits per heavy atom. The summed E-state index contributed by atoms with van der Waals surface area (Å²) in [6, 6.07) is 5.93. The summed E-state index contributed by atoms with van der Waals surface area (Å²) in [5.41, 5.74) is 6.51. The summed E-state index contributed by atoms with van der Waals surface area (Å²) in [7, 11) is 1.91. The minimum Gasteiger partial charge on any atom is -0.507 e. The third kappa shape index (κ3) is 1.84. The molecule has 0 fully saturated rings. The molecule has 0 aliphatic heterocycles. The van der Waals surface area contributed by atoms with Crippen molar-refractivity contribution in [2.75, 3.05) is 0 Å². The highest BCUT2D eigenvalue weighted by Gasteiger charge is 2.13. The van der Waals surface area contributed by atoms with Crippen LogP contribution in [0.4, 0.5) is 0 Å². The smallest absolute Gasteiger partial charge is 0.127 e. The first-order chi connectivity index (χ1) is 9.47. The zero-order valence-corrected chi connectivity index (χ0v) is 12.1. The van der Waals surface area contributed by atoms with Gasteiger partial charge in [0.1, 0.15) is 11.3 Å². The fourth-order valence-electron chi connectivity index (χ4n) is 2.69. The monoisotopic (exact) mass is 267 g/mol. The molecule has 4 nitrogen and oxygen atoms in total. The molecule has 0 unspecified atom stereocenters. The van der Waals surface area contributed by atoms with Gasteiger partial charge in [-0.05, 0) is 49.6 Å². The van der Waals surface area contributed by atoms with E-state index in [0.29, 0.717) is 5.75 Å². The zero-order valence-electron chi connectivity index (χ0n) is 12.1. The lowest BCUT2D eigenvalue weighted by molar-refractivity contribution is 0.473. The molecule has 0 spiro atoms. The van der Waals surface area contributed by atoms with Gasteiger partial charge in [-0.15, -0.1) is 0 Å². The second-order valence-corrected chi connectivity index (χ2v) is 5.30. The standard InChI is InChI=1S/C16H17N3O/c1-9-5-11(3)16(20)12(6-9)13-7-10(2)15-14(18-13)8-17-19(15)4/h5-8,20H,1-4H3. The summed E-state index contributed by atoms with van der Waals surface area (Å²) < 4.78 is 1.82. The zero-order chi connectivity index (χ0) is 14.4. The predicted molar refractivity (Wildman–Crippen MR) is 79.8 cm³/mol. The number of hydrogen-bond donors (Lipinski definition) is 1. The lowest BCUT2D eigenvalue weighted by atomic mass is 10.0. The molecule has 3 rings (SSSR count). The number of aryl methyl sites for hydroxylation is 4. The van der Waals surface area contributed by atoms with E-state index in [1.807, 2.05) is 50.7 Å². The van der Waals surface area contributed by atoms with E-state index < -0.39 is 0 Å². The number of pyridine rings is 1. The first kappa shape index (κ1) is 12.7. The van der Waals surface area contributed by atoms with Crippen molar-refractivity contribution in [1.82, 2.24) is 14.8 Å². The topological polar surface area (TPSA) is 50.9 Å². The van der Waals surface area contributed by atoms with Gasteiger partial charge in [0.15, 0.2) is 0 Å². The van der Waals surface area contributed by atoms with E-state index in [1.54, 1.807) is 6.20 Å². The molecule has 0 atom stereocenters. The Kier molecular flexibility index (Phi) is 2.74. The summed E-state index contributed by atoms with van der Waals surface area (Å²) in [6.45, 7) is 5.96. The SMILES string of the molecule is Cc1cc(C)c(O)c(-c2cc(C)c3c(cnn3C)n2)c1. The van der Waals surface area contributed by atoms with E-state index in [2.05, 4.69) is 10.1 Å². The number of hydrogen-bond acceptors (Lipinski definition) is 3. The van der Waals surface area contributed by atoms with E-state index in [4.69, 9.17) is 0 Å². The molecule has 0 aliphatic carbocycles. The molecule has 102 valence electrons. The van der Waals surface area contributed by atoms with Gasteiger partial charge in [0.2, 0.25) is 0 Å². The lowest BCUT2D eigenvalue weighted by Crippen LogP contribution is -1.94. The minimum absolute atomic E-state index is 0.297. The molecule has 1 N–H and O–H groups in total. The summed E-state index contributed by atoms with van der Waals surface area (Å²) in [5, 5.41) is 14.5. The second kappa shape index (κ2) is 4.34. The van der Waals surface area contributed by atoms with Crippen LogP contribution < -0.4 is 0 Å². The Labute approximate surface area is 117 Å². The first-order valence-corrected chi connectivity index (χ1v) is 6.57. The van der Waals surface area contributed by atoms with E-state index >= 15 is 0 Å². The van der Waals surface area contributed by atoms with Crippen molar-refractivity contribution < 1.29 is 5.11 Å². The number of benzene rings is 1. The van der Waals surface area contributed by atoms with Crippen LogP contribution in [0, 0.1) is 20.8 Å². The number of nitrogens with zero attached hydrogens (tertiary/aromatic N) is 3. The van der Waals surface area contributed by atoms with Gasteiger partial charge in [0.25, 0.3) is 0 Å². The Morgan fingerprint density at radius 3 is 2.55 bits per heavy atom. The molecule has 1 aromatic carbocycles. The molecular weight excluding hydrogens is 250 g/mol. The van der Waals surface area contributed by atoms with Crippen molar-refractivity contribution >= 4 is 11.0 Å². The van der Waals surface area contributed by atoms with E-state index in [1.165, 1.54) is 0 Å². The van der Waals surface area contributed by atoms with Crippen LogP contribution in [0.15, 0.2) is 24.4 Å². The van der Waals surface area contributed by atoms with Gasteiger partial charge in [-0.25, -0.2) is 4.98 Å². The van der Waals surface area contributed by atoms with Gasteiger partial charge in [-0.3, -0.25) is 4.68 Å². The van der Waals surface area contributed by atoms with Crippen molar-refractivity contribution in [2.24, 2.45) is 7.05 Å². The molecule has 3 aromatic rings. The van der Waals surface area contributed by atoms with Crippen LogP contribution in [-0.4, -0.2) is 19.9 Å². The van der Waals surface area contributed by atoms with Crippen molar-refractivity contribution in [1.29, 1.82) is 0 Å². The van der Waals surface area contributed by atoms with Crippen LogP contribution in [-0.2, 0) is 7.05 Å². The van der Waals surface area contributed by atoms with Crippen molar-refractivity contribution in [3.8, 4) is 17.0 Å². The second-order valence-electron chi connectivity index (χ2n) is 5.30. The highest BCUT2D eigenvalue weighted by Crippen LogP contribution is 2.33. The van der Waals surface area contributed by atoms with Crippen LogP contribution in [0.1, 0.15) is 16.7 Å². The van der Waals surface area contributed by atoms with Gasteiger partial charge >= 0.3 is 0 Å². The number of phenolic OH excluding ortho intramolecular Hbond substituents is 1. The van der Waals surface area contributed by atoms with Gasteiger partial charge in [-0.1, -0.05) is 6.07 Å². The molecule has 0 radical (unpaired) electrons. The van der Waals surface area contributed by atoms with Crippen LogP contribution in [0.3, 0.4) is 0 Å². The maximum absolute atomic E-state index is 10.3. The van der Waals surface area contributed by atoms with E-state index in [9.17, 15) is 5.11 Å². The third-order valence-electron chi connectivity index (χ3n) is 3.61. The molecule has 2 heterocycles. The summed E-state index contributed by atoms with van der Waals surface area (Å²) in [4.78, 5) is 4.63. The number of phenols is 1. The van der Waals surface area contributed by atoms with Crippen LogP contribution >= 0.6 is 0 Å². The van der Waals surface area contributed by atoms with Gasteiger partial charge < -0.3 is 5.11 Å². The molecule has 0 bridgehead atoms. The van der Waals surface area contributed by atoms with Gasteiger partial charge in [-0.2, -0.15) is 5.10 Å². The Hall–Kier alpha value is -2.36. The van der Waals surface area contributed by atoms with Crippen molar-refractivity contribution in [2.45, 2.75) is 20.8 Å². The Bertz CT molecular complexity index is 818. The summed E-state index contributed by atoms with van der Waals surface area (Å²) in [5.74, 6) is 0.297. The molecule has 0 saturated heterocycles. The minimum atomic E-state index is 0.297. The average Bonchev–Trinajstić information content (AvgIpc) is 2.76. The maximum atomic E-state index is 10.3. The average molecular weight is 267 g/mol. The number of aromatic hydroxyl groups is 1. The highest BCUT2D eigenvalue weighted by atomic mass is 16.3. The van der Waals surface area contributed by atoms with Crippen LogP contribution in [0.25, 0.3) is 22.3 Å². The summed E-state index contributed by atoms with van der Waals surface area (Å²) >= 11 is 0. The van der Waals surface area contributed by atoms with Gasteiger partial charge in [0, 0.05) is 12.6 Å². The van der Waals surface area contributed by atoms with Gasteiger partial charge in [0.05, 0.1) is 17.4 Å². The Morgan fingerprint density at radius 2 is 1.80 bits per heavy atom. The van der Waals surface area contributed by atoms with Crippen LogP contribution in [0.2, 0.25) is 0 Å². The lowest BCUT2D eigenvalue weighted by Gasteiger charge is -2.10.